The second-order valence-corrected chi connectivity index (χ2v) is 4.98. The third kappa shape index (κ3) is 5.54. The normalized spacial score (nSPS) is 19.4. The van der Waals surface area contributed by atoms with Gasteiger partial charge in [0.05, 0.1) is 25.6 Å². The van der Waals surface area contributed by atoms with Crippen LogP contribution in [0.4, 0.5) is 0 Å². The number of hydrogen-bond donors (Lipinski definition) is 0. The maximum atomic E-state index is 8.51. The van der Waals surface area contributed by atoms with Crippen LogP contribution in [0.15, 0.2) is 0 Å². The van der Waals surface area contributed by atoms with Gasteiger partial charge in [-0.3, -0.25) is 4.90 Å². The van der Waals surface area contributed by atoms with Gasteiger partial charge in [-0.15, -0.1) is 0 Å². The molecule has 0 aromatic rings. The minimum atomic E-state index is -0.396. The smallest absolute Gasteiger partial charge is 0.125 e. The Hall–Kier alpha value is -1.03. The Morgan fingerprint density at radius 2 is 2.00 bits per heavy atom. The molecule has 1 rings (SSSR count). The lowest BCUT2D eigenvalue weighted by atomic mass is 10.0. The van der Waals surface area contributed by atoms with Crippen molar-refractivity contribution in [2.45, 2.75) is 51.6 Å². The molecular formula is C15H24N2O. The molecule has 0 unspecified atom stereocenters. The van der Waals surface area contributed by atoms with Crippen molar-refractivity contribution < 1.29 is 4.74 Å². The fourth-order valence-corrected chi connectivity index (χ4v) is 2.00. The molecule has 18 heavy (non-hydrogen) atoms. The van der Waals surface area contributed by atoms with Crippen LogP contribution in [0.2, 0.25) is 0 Å². The van der Waals surface area contributed by atoms with Crippen molar-refractivity contribution in [1.29, 1.82) is 5.26 Å². The Kier molecular flexibility index (Phi) is 6.80. The molecule has 0 aromatic heterocycles. The van der Waals surface area contributed by atoms with Crippen molar-refractivity contribution in [3.05, 3.63) is 0 Å². The number of piperidine rings is 1. The van der Waals surface area contributed by atoms with E-state index < -0.39 is 5.60 Å². The van der Waals surface area contributed by atoms with Crippen molar-refractivity contribution in [3.8, 4) is 17.9 Å². The first-order valence-corrected chi connectivity index (χ1v) is 6.93. The highest BCUT2D eigenvalue weighted by atomic mass is 16.5. The van der Waals surface area contributed by atoms with Crippen molar-refractivity contribution in [2.75, 3.05) is 26.2 Å². The summed E-state index contributed by atoms with van der Waals surface area (Å²) < 4.78 is 5.69. The maximum Gasteiger partial charge on any atom is 0.125 e. The molecule has 3 heteroatoms. The number of ether oxygens (including phenoxy) is 1. The molecule has 0 radical (unpaired) electrons. The molecule has 0 spiro atoms. The van der Waals surface area contributed by atoms with E-state index in [1.807, 2.05) is 6.92 Å². The fourth-order valence-electron chi connectivity index (χ4n) is 2.00. The minimum Gasteiger partial charge on any atom is -0.362 e. The van der Waals surface area contributed by atoms with Crippen LogP contribution in [0.25, 0.3) is 0 Å². The summed E-state index contributed by atoms with van der Waals surface area (Å²) in [4.78, 5) is 2.40. The molecule has 0 bridgehead atoms. The first-order chi connectivity index (χ1) is 8.70. The quantitative estimate of drug-likeness (QED) is 0.554. The zero-order valence-electron chi connectivity index (χ0n) is 11.7. The van der Waals surface area contributed by atoms with E-state index in [1.165, 1.54) is 32.4 Å². The molecule has 0 aliphatic carbocycles. The van der Waals surface area contributed by atoms with Crippen LogP contribution in [0.1, 0.15) is 46.0 Å². The fraction of sp³-hybridized carbons (Fsp3) is 0.800. The Labute approximate surface area is 111 Å². The van der Waals surface area contributed by atoms with E-state index in [0.29, 0.717) is 13.0 Å². The summed E-state index contributed by atoms with van der Waals surface area (Å²) in [7, 11) is 0. The van der Waals surface area contributed by atoms with Gasteiger partial charge >= 0.3 is 0 Å². The Balaban J connectivity index is 2.38. The molecule has 0 N–H and O–H groups in total. The van der Waals surface area contributed by atoms with Gasteiger partial charge in [0.25, 0.3) is 0 Å². The lowest BCUT2D eigenvalue weighted by Gasteiger charge is -2.25. The van der Waals surface area contributed by atoms with Crippen molar-refractivity contribution in [1.82, 2.24) is 4.90 Å². The molecule has 1 heterocycles. The average molecular weight is 248 g/mol. The van der Waals surface area contributed by atoms with Crippen LogP contribution in [-0.2, 0) is 4.74 Å². The Bertz CT molecular complexity index is 331. The molecule has 100 valence electrons. The van der Waals surface area contributed by atoms with Gasteiger partial charge in [-0.05, 0) is 39.3 Å². The van der Waals surface area contributed by atoms with E-state index in [9.17, 15) is 0 Å². The summed E-state index contributed by atoms with van der Waals surface area (Å²) in [5.74, 6) is 6.47. The summed E-state index contributed by atoms with van der Waals surface area (Å²) in [6.45, 7) is 7.74. The second-order valence-electron chi connectivity index (χ2n) is 4.98. The molecule has 0 saturated carbocycles. The van der Waals surface area contributed by atoms with Crippen LogP contribution in [0.5, 0.6) is 0 Å². The number of hydrogen-bond acceptors (Lipinski definition) is 3. The summed E-state index contributed by atoms with van der Waals surface area (Å²) >= 11 is 0. The van der Waals surface area contributed by atoms with Crippen molar-refractivity contribution in [2.24, 2.45) is 0 Å². The highest BCUT2D eigenvalue weighted by Crippen LogP contribution is 2.14. The van der Waals surface area contributed by atoms with Crippen molar-refractivity contribution in [3.63, 3.8) is 0 Å². The Morgan fingerprint density at radius 1 is 1.28 bits per heavy atom. The number of likely N-dealkylation sites (tertiary alicyclic amines) is 1. The Morgan fingerprint density at radius 3 is 2.61 bits per heavy atom. The minimum absolute atomic E-state index is 0.396. The van der Waals surface area contributed by atoms with Crippen LogP contribution in [0, 0.1) is 23.2 Å². The van der Waals surface area contributed by atoms with Gasteiger partial charge in [-0.2, -0.15) is 5.26 Å². The van der Waals surface area contributed by atoms with Crippen LogP contribution in [0.3, 0.4) is 0 Å². The molecule has 0 amide bonds. The molecule has 1 atom stereocenters. The predicted octanol–water partition coefficient (Wildman–Crippen LogP) is 2.57. The van der Waals surface area contributed by atoms with Crippen LogP contribution >= 0.6 is 0 Å². The van der Waals surface area contributed by atoms with E-state index in [4.69, 9.17) is 10.00 Å². The maximum absolute atomic E-state index is 8.51. The van der Waals surface area contributed by atoms with Crippen LogP contribution in [-0.4, -0.2) is 36.7 Å². The van der Waals surface area contributed by atoms with Gasteiger partial charge in [0, 0.05) is 0 Å². The molecule has 1 saturated heterocycles. The molecule has 0 aromatic carbocycles. The number of rotatable bonds is 5. The highest BCUT2D eigenvalue weighted by Gasteiger charge is 2.19. The SMILES string of the molecule is CC[C@@](C)(C#CCN1CCCCC1)OCCC#N. The van der Waals surface area contributed by atoms with Gasteiger partial charge in [-0.25, -0.2) is 0 Å². The third-order valence-electron chi connectivity index (χ3n) is 3.41. The number of nitriles is 1. The van der Waals surface area contributed by atoms with Gasteiger partial charge in [0.15, 0.2) is 0 Å². The zero-order valence-corrected chi connectivity index (χ0v) is 11.7. The zero-order chi connectivity index (χ0) is 13.3. The largest absolute Gasteiger partial charge is 0.362 e. The molecule has 1 aliphatic rings. The lowest BCUT2D eigenvalue weighted by Crippen LogP contribution is -2.31. The summed E-state index contributed by atoms with van der Waals surface area (Å²) in [6.07, 6.45) is 5.24. The topological polar surface area (TPSA) is 36.3 Å². The molecule has 3 nitrogen and oxygen atoms in total. The first kappa shape index (κ1) is 15.0. The number of nitrogens with zero attached hydrogens (tertiary/aromatic N) is 2. The van der Waals surface area contributed by atoms with E-state index >= 15 is 0 Å². The van der Waals surface area contributed by atoms with Gasteiger partial charge in [0.1, 0.15) is 5.60 Å². The highest BCUT2D eigenvalue weighted by molar-refractivity contribution is 5.13. The third-order valence-corrected chi connectivity index (χ3v) is 3.41. The van der Waals surface area contributed by atoms with Gasteiger partial charge in [-0.1, -0.05) is 25.2 Å². The average Bonchev–Trinajstić information content (AvgIpc) is 2.40. The predicted molar refractivity (Wildman–Crippen MR) is 72.9 cm³/mol. The van der Waals surface area contributed by atoms with E-state index in [0.717, 1.165) is 13.0 Å². The summed E-state index contributed by atoms with van der Waals surface area (Å²) in [5, 5.41) is 8.51. The van der Waals surface area contributed by atoms with E-state index in [1.54, 1.807) is 0 Å². The monoisotopic (exact) mass is 248 g/mol. The second kappa shape index (κ2) is 8.14. The van der Waals surface area contributed by atoms with Crippen LogP contribution < -0.4 is 0 Å². The first-order valence-electron chi connectivity index (χ1n) is 6.93. The molecule has 1 fully saturated rings. The standard InChI is InChI=1S/C15H24N2O/c1-3-15(2,18-14-8-10-16)9-7-13-17-11-5-4-6-12-17/h3-6,8,11-14H2,1-2H3/t15-/m0/s1. The summed E-state index contributed by atoms with van der Waals surface area (Å²) in [5.41, 5.74) is -0.396. The van der Waals surface area contributed by atoms with Gasteiger partial charge in [0.2, 0.25) is 0 Å². The van der Waals surface area contributed by atoms with E-state index in [2.05, 4.69) is 29.7 Å². The van der Waals surface area contributed by atoms with Gasteiger partial charge < -0.3 is 4.74 Å². The molecular weight excluding hydrogens is 224 g/mol. The van der Waals surface area contributed by atoms with E-state index in [-0.39, 0.29) is 0 Å². The summed E-state index contributed by atoms with van der Waals surface area (Å²) in [6, 6.07) is 2.09. The van der Waals surface area contributed by atoms with Crippen molar-refractivity contribution >= 4 is 0 Å². The molecule has 1 aliphatic heterocycles. The lowest BCUT2D eigenvalue weighted by molar-refractivity contribution is 0.0137.